The predicted molar refractivity (Wildman–Crippen MR) is 68.7 cm³/mol. The van der Waals surface area contributed by atoms with Gasteiger partial charge in [-0.2, -0.15) is 5.10 Å². The van der Waals surface area contributed by atoms with Crippen molar-refractivity contribution in [1.82, 2.24) is 9.78 Å². The first-order valence-corrected chi connectivity index (χ1v) is 5.92. The SMILES string of the molecule is COCCn1ncc(NCC(C)C)c(Cl)c1=O. The Kier molecular flexibility index (Phi) is 5.44. The molecule has 0 fully saturated rings. The fraction of sp³-hybridized carbons (Fsp3) is 0.636. The fourth-order valence-corrected chi connectivity index (χ4v) is 1.45. The van der Waals surface area contributed by atoms with Crippen LogP contribution in [-0.4, -0.2) is 30.0 Å². The van der Waals surface area contributed by atoms with Gasteiger partial charge in [-0.25, -0.2) is 4.68 Å². The molecule has 0 bridgehead atoms. The number of nitrogens with one attached hydrogen (secondary N) is 1. The van der Waals surface area contributed by atoms with Crippen molar-refractivity contribution >= 4 is 17.3 Å². The molecule has 1 rings (SSSR count). The van der Waals surface area contributed by atoms with Gasteiger partial charge in [0.2, 0.25) is 0 Å². The van der Waals surface area contributed by atoms with Crippen molar-refractivity contribution in [1.29, 1.82) is 0 Å². The Hall–Kier alpha value is -1.07. The minimum absolute atomic E-state index is 0.178. The van der Waals surface area contributed by atoms with Gasteiger partial charge in [0.05, 0.1) is 25.0 Å². The van der Waals surface area contributed by atoms with E-state index in [-0.39, 0.29) is 10.6 Å². The lowest BCUT2D eigenvalue weighted by Gasteiger charge is -2.11. The van der Waals surface area contributed by atoms with Crippen LogP contribution in [0.5, 0.6) is 0 Å². The minimum Gasteiger partial charge on any atom is -0.383 e. The summed E-state index contributed by atoms with van der Waals surface area (Å²) in [5.74, 6) is 0.474. The van der Waals surface area contributed by atoms with Crippen LogP contribution in [0, 0.1) is 5.92 Å². The Morgan fingerprint density at radius 2 is 2.29 bits per heavy atom. The number of aromatic nitrogens is 2. The highest BCUT2D eigenvalue weighted by Crippen LogP contribution is 2.15. The summed E-state index contributed by atoms with van der Waals surface area (Å²) in [6.07, 6.45) is 1.57. The summed E-state index contributed by atoms with van der Waals surface area (Å²) in [6, 6.07) is 0. The molecule has 1 heterocycles. The van der Waals surface area contributed by atoms with Gasteiger partial charge in [-0.3, -0.25) is 4.79 Å². The fourth-order valence-electron chi connectivity index (χ4n) is 1.24. The Labute approximate surface area is 106 Å². The molecule has 1 aromatic rings. The second kappa shape index (κ2) is 6.61. The maximum atomic E-state index is 11.8. The summed E-state index contributed by atoms with van der Waals surface area (Å²) in [7, 11) is 1.57. The van der Waals surface area contributed by atoms with Crippen molar-refractivity contribution in [2.24, 2.45) is 5.92 Å². The van der Waals surface area contributed by atoms with Crippen molar-refractivity contribution < 1.29 is 4.74 Å². The van der Waals surface area contributed by atoms with Gasteiger partial charge in [0.1, 0.15) is 5.02 Å². The van der Waals surface area contributed by atoms with E-state index >= 15 is 0 Å². The quantitative estimate of drug-likeness (QED) is 0.843. The zero-order valence-corrected chi connectivity index (χ0v) is 11.1. The van der Waals surface area contributed by atoms with Gasteiger partial charge in [0, 0.05) is 13.7 Å². The first kappa shape index (κ1) is 14.0. The molecule has 0 amide bonds. The van der Waals surface area contributed by atoms with E-state index in [2.05, 4.69) is 24.3 Å². The van der Waals surface area contributed by atoms with E-state index in [1.54, 1.807) is 13.3 Å². The lowest BCUT2D eigenvalue weighted by molar-refractivity contribution is 0.182. The first-order valence-electron chi connectivity index (χ1n) is 5.54. The molecular formula is C11H18ClN3O2. The van der Waals surface area contributed by atoms with Crippen molar-refractivity contribution in [2.45, 2.75) is 20.4 Å². The smallest absolute Gasteiger partial charge is 0.287 e. The number of rotatable bonds is 6. The van der Waals surface area contributed by atoms with Crippen molar-refractivity contribution in [3.63, 3.8) is 0 Å². The molecule has 1 N–H and O–H groups in total. The standard InChI is InChI=1S/C11H18ClN3O2/c1-8(2)6-13-9-7-14-15(4-5-17-3)11(16)10(9)12/h7-8,13H,4-6H2,1-3H3. The summed E-state index contributed by atoms with van der Waals surface area (Å²) in [6.45, 7) is 5.74. The van der Waals surface area contributed by atoms with Crippen molar-refractivity contribution in [2.75, 3.05) is 25.6 Å². The van der Waals surface area contributed by atoms with Gasteiger partial charge in [-0.05, 0) is 5.92 Å². The molecule has 0 saturated carbocycles. The molecule has 0 aromatic carbocycles. The normalized spacial score (nSPS) is 10.9. The molecule has 0 aliphatic carbocycles. The lowest BCUT2D eigenvalue weighted by atomic mass is 10.2. The Bertz CT molecular complexity index is 418. The third kappa shape index (κ3) is 4.02. The molecule has 17 heavy (non-hydrogen) atoms. The number of anilines is 1. The molecule has 0 unspecified atom stereocenters. The highest BCUT2D eigenvalue weighted by atomic mass is 35.5. The molecule has 0 radical (unpaired) electrons. The number of methoxy groups -OCH3 is 1. The van der Waals surface area contributed by atoms with Crippen LogP contribution in [0.4, 0.5) is 5.69 Å². The lowest BCUT2D eigenvalue weighted by Crippen LogP contribution is -2.26. The van der Waals surface area contributed by atoms with E-state index in [0.29, 0.717) is 24.8 Å². The molecule has 0 aliphatic heterocycles. The third-order valence-corrected chi connectivity index (χ3v) is 2.56. The number of nitrogens with zero attached hydrogens (tertiary/aromatic N) is 2. The molecule has 96 valence electrons. The average Bonchev–Trinajstić information content (AvgIpc) is 2.29. The molecule has 1 aromatic heterocycles. The molecule has 5 nitrogen and oxygen atoms in total. The molecule has 0 atom stereocenters. The second-order valence-corrected chi connectivity index (χ2v) is 4.55. The third-order valence-electron chi connectivity index (χ3n) is 2.19. The molecule has 0 spiro atoms. The van der Waals surface area contributed by atoms with Crippen LogP contribution >= 0.6 is 11.6 Å². The van der Waals surface area contributed by atoms with E-state index in [1.807, 2.05) is 0 Å². The van der Waals surface area contributed by atoms with E-state index in [0.717, 1.165) is 6.54 Å². The summed E-state index contributed by atoms with van der Waals surface area (Å²) in [5, 5.41) is 7.31. The van der Waals surface area contributed by atoms with Crippen LogP contribution in [0.2, 0.25) is 5.02 Å². The van der Waals surface area contributed by atoms with Gasteiger partial charge in [0.25, 0.3) is 5.56 Å². The van der Waals surface area contributed by atoms with Gasteiger partial charge >= 0.3 is 0 Å². The van der Waals surface area contributed by atoms with E-state index in [1.165, 1.54) is 4.68 Å². The summed E-state index contributed by atoms with van der Waals surface area (Å²) in [5.41, 5.74) is 0.288. The average molecular weight is 260 g/mol. The van der Waals surface area contributed by atoms with Crippen LogP contribution in [0.25, 0.3) is 0 Å². The van der Waals surface area contributed by atoms with E-state index in [9.17, 15) is 4.79 Å². The minimum atomic E-state index is -0.294. The van der Waals surface area contributed by atoms with Crippen LogP contribution < -0.4 is 10.9 Å². The second-order valence-electron chi connectivity index (χ2n) is 4.17. The summed E-state index contributed by atoms with van der Waals surface area (Å²) >= 11 is 5.98. The Balaban J connectivity index is 2.83. The van der Waals surface area contributed by atoms with Crippen LogP contribution in [0.1, 0.15) is 13.8 Å². The first-order chi connectivity index (χ1) is 8.06. The summed E-state index contributed by atoms with van der Waals surface area (Å²) in [4.78, 5) is 11.8. The Morgan fingerprint density at radius 3 is 2.88 bits per heavy atom. The van der Waals surface area contributed by atoms with Crippen LogP contribution in [-0.2, 0) is 11.3 Å². The molecule has 0 aliphatic rings. The van der Waals surface area contributed by atoms with Gasteiger partial charge in [-0.1, -0.05) is 25.4 Å². The zero-order chi connectivity index (χ0) is 12.8. The van der Waals surface area contributed by atoms with Crippen LogP contribution in [0.3, 0.4) is 0 Å². The molecular weight excluding hydrogens is 242 g/mol. The Morgan fingerprint density at radius 1 is 1.59 bits per heavy atom. The number of ether oxygens (including phenoxy) is 1. The highest BCUT2D eigenvalue weighted by molar-refractivity contribution is 6.32. The van der Waals surface area contributed by atoms with E-state index < -0.39 is 0 Å². The number of hydrogen-bond acceptors (Lipinski definition) is 4. The van der Waals surface area contributed by atoms with Gasteiger partial charge < -0.3 is 10.1 Å². The van der Waals surface area contributed by atoms with Crippen LogP contribution in [0.15, 0.2) is 11.0 Å². The topological polar surface area (TPSA) is 56.1 Å². The van der Waals surface area contributed by atoms with Crippen molar-refractivity contribution in [3.05, 3.63) is 21.6 Å². The largest absolute Gasteiger partial charge is 0.383 e. The molecule has 0 saturated heterocycles. The predicted octanol–water partition coefficient (Wildman–Crippen LogP) is 1.61. The van der Waals surface area contributed by atoms with Gasteiger partial charge in [-0.15, -0.1) is 0 Å². The number of halogens is 1. The maximum absolute atomic E-state index is 11.8. The molecule has 6 heteroatoms. The van der Waals surface area contributed by atoms with Crippen molar-refractivity contribution in [3.8, 4) is 0 Å². The summed E-state index contributed by atoms with van der Waals surface area (Å²) < 4.78 is 6.19. The zero-order valence-electron chi connectivity index (χ0n) is 10.4. The highest BCUT2D eigenvalue weighted by Gasteiger charge is 2.09. The maximum Gasteiger partial charge on any atom is 0.287 e. The monoisotopic (exact) mass is 259 g/mol. The van der Waals surface area contributed by atoms with E-state index in [4.69, 9.17) is 16.3 Å². The van der Waals surface area contributed by atoms with Gasteiger partial charge in [0.15, 0.2) is 0 Å². The number of hydrogen-bond donors (Lipinski definition) is 1.